The molecule has 186 valence electrons. The van der Waals surface area contributed by atoms with Crippen molar-refractivity contribution in [2.24, 2.45) is 0 Å². The molecule has 0 radical (unpaired) electrons. The highest BCUT2D eigenvalue weighted by Gasteiger charge is 2.32. The fraction of sp³-hybridized carbons (Fsp3) is 0.308. The van der Waals surface area contributed by atoms with Gasteiger partial charge in [0.15, 0.2) is 0 Å². The maximum absolute atomic E-state index is 14.6. The van der Waals surface area contributed by atoms with Crippen molar-refractivity contribution in [1.29, 1.82) is 0 Å². The van der Waals surface area contributed by atoms with E-state index in [-0.39, 0.29) is 25.3 Å². The van der Waals surface area contributed by atoms with Gasteiger partial charge in [-0.05, 0) is 51.7 Å². The summed E-state index contributed by atoms with van der Waals surface area (Å²) < 4.78 is 25.3. The number of benzene rings is 2. The Bertz CT molecular complexity index is 1180. The number of halogens is 1. The van der Waals surface area contributed by atoms with Crippen LogP contribution < -0.4 is 10.6 Å². The lowest BCUT2D eigenvalue weighted by atomic mass is 10.0. The molecule has 0 aliphatic carbocycles. The molecule has 0 saturated carbocycles. The fourth-order valence-corrected chi connectivity index (χ4v) is 4.90. The molecular weight excluding hydrogens is 469 g/mol. The first-order valence-corrected chi connectivity index (χ1v) is 12.1. The number of hydrogen-bond acceptors (Lipinski definition) is 7. The minimum Gasteiger partial charge on any atom is -0.462 e. The normalized spacial score (nSPS) is 10.9. The summed E-state index contributed by atoms with van der Waals surface area (Å²) in [6.07, 6.45) is -0.678. The Labute approximate surface area is 208 Å². The molecule has 0 atom stereocenters. The number of thiophene rings is 1. The fourth-order valence-electron chi connectivity index (χ4n) is 3.61. The Kier molecular flexibility index (Phi) is 8.84. The number of ether oxygens (including phenoxy) is 2. The Hall–Kier alpha value is -3.43. The number of rotatable bonds is 9. The van der Waals surface area contributed by atoms with E-state index in [9.17, 15) is 14.0 Å². The van der Waals surface area contributed by atoms with E-state index in [1.807, 2.05) is 31.1 Å². The molecule has 1 amide bonds. The Morgan fingerprint density at radius 3 is 2.23 bits per heavy atom. The van der Waals surface area contributed by atoms with Crippen molar-refractivity contribution >= 4 is 34.1 Å². The summed E-state index contributed by atoms with van der Waals surface area (Å²) in [5, 5.41) is 0.342. The zero-order valence-corrected chi connectivity index (χ0v) is 21.2. The maximum Gasteiger partial charge on any atom is 0.415 e. The van der Waals surface area contributed by atoms with E-state index in [0.29, 0.717) is 28.4 Å². The molecule has 0 spiro atoms. The molecule has 0 aliphatic heterocycles. The molecule has 0 saturated heterocycles. The first-order chi connectivity index (χ1) is 16.8. The van der Waals surface area contributed by atoms with Crippen molar-refractivity contribution in [1.82, 2.24) is 4.90 Å². The molecule has 2 N–H and O–H groups in total. The quantitative estimate of drug-likeness (QED) is 0.307. The smallest absolute Gasteiger partial charge is 0.415 e. The van der Waals surface area contributed by atoms with Crippen LogP contribution in [0.1, 0.15) is 35.3 Å². The molecule has 35 heavy (non-hydrogen) atoms. The van der Waals surface area contributed by atoms with Crippen LogP contribution in [0.25, 0.3) is 10.4 Å². The largest absolute Gasteiger partial charge is 0.462 e. The standard InChI is InChI=1S/C26H30FN3O4S/c1-5-33-25(31)22-20(16-29(3)4)23(17-11-13-19(28)14-12-17)35-24(22)30(26(32)34-6-2)15-18-9-7-8-10-21(18)27/h7-14H,5-6,15-16,28H2,1-4H3. The van der Waals surface area contributed by atoms with Crippen molar-refractivity contribution in [3.63, 3.8) is 0 Å². The van der Waals surface area contributed by atoms with Gasteiger partial charge in [-0.2, -0.15) is 0 Å². The van der Waals surface area contributed by atoms with Gasteiger partial charge in [-0.15, -0.1) is 11.3 Å². The molecule has 3 aromatic rings. The third kappa shape index (κ3) is 6.17. The summed E-state index contributed by atoms with van der Waals surface area (Å²) in [5.41, 5.74) is 8.61. The predicted octanol–water partition coefficient (Wildman–Crippen LogP) is 5.54. The highest BCUT2D eigenvalue weighted by atomic mass is 32.1. The van der Waals surface area contributed by atoms with E-state index in [2.05, 4.69) is 0 Å². The molecule has 9 heteroatoms. The second kappa shape index (κ2) is 11.8. The van der Waals surface area contributed by atoms with Gasteiger partial charge < -0.3 is 20.1 Å². The minimum atomic E-state index is -0.678. The van der Waals surface area contributed by atoms with Crippen LogP contribution in [-0.2, 0) is 22.6 Å². The molecule has 0 bridgehead atoms. The summed E-state index contributed by atoms with van der Waals surface area (Å²) in [7, 11) is 3.78. The third-order valence-corrected chi connectivity index (χ3v) is 6.44. The van der Waals surface area contributed by atoms with Gasteiger partial charge >= 0.3 is 12.1 Å². The maximum atomic E-state index is 14.6. The number of carbonyl (C=O) groups is 2. The molecule has 1 aromatic heterocycles. The number of carbonyl (C=O) groups excluding carboxylic acids is 2. The molecule has 3 rings (SSSR count). The monoisotopic (exact) mass is 499 g/mol. The molecule has 7 nitrogen and oxygen atoms in total. The van der Waals surface area contributed by atoms with Crippen molar-refractivity contribution in [2.45, 2.75) is 26.9 Å². The van der Waals surface area contributed by atoms with Crippen LogP contribution >= 0.6 is 11.3 Å². The van der Waals surface area contributed by atoms with Crippen LogP contribution in [0, 0.1) is 5.82 Å². The van der Waals surface area contributed by atoms with Crippen molar-refractivity contribution in [3.8, 4) is 10.4 Å². The topological polar surface area (TPSA) is 85.1 Å². The summed E-state index contributed by atoms with van der Waals surface area (Å²) in [5.74, 6) is -1.01. The number of nitrogens with two attached hydrogens (primary N) is 1. The number of nitrogens with zero attached hydrogens (tertiary/aromatic N) is 2. The molecule has 0 aliphatic rings. The van der Waals surface area contributed by atoms with E-state index in [1.54, 1.807) is 44.2 Å². The number of nitrogen functional groups attached to an aromatic ring is 1. The zero-order chi connectivity index (χ0) is 25.5. The first-order valence-electron chi connectivity index (χ1n) is 11.3. The van der Waals surface area contributed by atoms with E-state index in [1.165, 1.54) is 22.3 Å². The van der Waals surface area contributed by atoms with Crippen molar-refractivity contribution in [2.75, 3.05) is 37.9 Å². The lowest BCUT2D eigenvalue weighted by molar-refractivity contribution is 0.0526. The van der Waals surface area contributed by atoms with Crippen LogP contribution in [-0.4, -0.2) is 44.3 Å². The SMILES string of the molecule is CCOC(=O)c1c(N(Cc2ccccc2F)C(=O)OCC)sc(-c2ccc(N)cc2)c1CN(C)C. The van der Waals surface area contributed by atoms with Gasteiger partial charge in [0, 0.05) is 28.2 Å². The van der Waals surface area contributed by atoms with Crippen LogP contribution in [0.15, 0.2) is 48.5 Å². The lowest BCUT2D eigenvalue weighted by Crippen LogP contribution is -2.32. The highest BCUT2D eigenvalue weighted by molar-refractivity contribution is 7.20. The van der Waals surface area contributed by atoms with E-state index < -0.39 is 17.9 Å². The van der Waals surface area contributed by atoms with Crippen LogP contribution in [0.3, 0.4) is 0 Å². The molecular formula is C26H30FN3O4S. The van der Waals surface area contributed by atoms with E-state index in [0.717, 1.165) is 10.4 Å². The van der Waals surface area contributed by atoms with Gasteiger partial charge in [0.25, 0.3) is 0 Å². The molecule has 2 aromatic carbocycles. The van der Waals surface area contributed by atoms with Crippen LogP contribution in [0.2, 0.25) is 0 Å². The third-order valence-electron chi connectivity index (χ3n) is 5.13. The van der Waals surface area contributed by atoms with Crippen LogP contribution in [0.4, 0.5) is 19.9 Å². The van der Waals surface area contributed by atoms with Gasteiger partial charge in [0.2, 0.25) is 0 Å². The second-order valence-corrected chi connectivity index (χ2v) is 9.05. The number of esters is 1. The minimum absolute atomic E-state index is 0.110. The average molecular weight is 500 g/mol. The summed E-state index contributed by atoms with van der Waals surface area (Å²) in [6, 6.07) is 13.5. The van der Waals surface area contributed by atoms with Crippen molar-refractivity contribution in [3.05, 3.63) is 71.0 Å². The number of anilines is 2. The highest BCUT2D eigenvalue weighted by Crippen LogP contribution is 2.44. The number of amides is 1. The lowest BCUT2D eigenvalue weighted by Gasteiger charge is -2.22. The zero-order valence-electron chi connectivity index (χ0n) is 20.3. The summed E-state index contributed by atoms with van der Waals surface area (Å²) in [6.45, 7) is 4.01. The van der Waals surface area contributed by atoms with Gasteiger partial charge in [0.05, 0.1) is 25.3 Å². The summed E-state index contributed by atoms with van der Waals surface area (Å²) in [4.78, 5) is 30.4. The van der Waals surface area contributed by atoms with Crippen molar-refractivity contribution < 1.29 is 23.5 Å². The molecule has 1 heterocycles. The Morgan fingerprint density at radius 2 is 1.63 bits per heavy atom. The van der Waals surface area contributed by atoms with E-state index in [4.69, 9.17) is 15.2 Å². The molecule has 0 unspecified atom stereocenters. The van der Waals surface area contributed by atoms with Crippen LogP contribution in [0.5, 0.6) is 0 Å². The van der Waals surface area contributed by atoms with Gasteiger partial charge in [-0.3, -0.25) is 4.90 Å². The predicted molar refractivity (Wildman–Crippen MR) is 137 cm³/mol. The number of hydrogen-bond donors (Lipinski definition) is 1. The first kappa shape index (κ1) is 26.2. The van der Waals surface area contributed by atoms with Gasteiger partial charge in [-0.1, -0.05) is 30.3 Å². The van der Waals surface area contributed by atoms with Gasteiger partial charge in [-0.25, -0.2) is 14.0 Å². The van der Waals surface area contributed by atoms with E-state index >= 15 is 0 Å². The average Bonchev–Trinajstić information content (AvgIpc) is 3.17. The second-order valence-electron chi connectivity index (χ2n) is 8.05. The van der Waals surface area contributed by atoms with Gasteiger partial charge in [0.1, 0.15) is 10.8 Å². The summed E-state index contributed by atoms with van der Waals surface area (Å²) >= 11 is 1.26. The molecule has 0 fully saturated rings. The Balaban J connectivity index is 2.27. The Morgan fingerprint density at radius 1 is 0.971 bits per heavy atom.